The fourth-order valence-electron chi connectivity index (χ4n) is 1.95. The Hall–Kier alpha value is -1.61. The summed E-state index contributed by atoms with van der Waals surface area (Å²) in [4.78, 5) is 10.2. The first-order chi connectivity index (χ1) is 11.2. The average Bonchev–Trinajstić information content (AvgIpc) is 2.52. The Labute approximate surface area is 141 Å². The molecule has 0 saturated carbocycles. The third kappa shape index (κ3) is 18.3. The molecule has 0 spiro atoms. The standard InChI is InChI=1S/C20H32O3/c1-2-3-4-5-10-13-16-19(21)17-14-11-8-6-7-9-12-15-18-20(22)23/h7-11,13-14,17,19,21H,2-6,12,15-16,18H2,1H3,(H,22,23)/p-1/b9-7-,11-8-,13-10-,17-14+/t19-/m0/s1. The second-order valence-electron chi connectivity index (χ2n) is 5.55. The molecule has 1 atom stereocenters. The van der Waals surface area contributed by atoms with Gasteiger partial charge in [-0.25, -0.2) is 0 Å². The minimum absolute atomic E-state index is 0.119. The quantitative estimate of drug-likeness (QED) is 0.300. The van der Waals surface area contributed by atoms with Crippen molar-refractivity contribution in [1.29, 1.82) is 0 Å². The lowest BCUT2D eigenvalue weighted by molar-refractivity contribution is -0.305. The van der Waals surface area contributed by atoms with Gasteiger partial charge in [-0.15, -0.1) is 0 Å². The van der Waals surface area contributed by atoms with Gasteiger partial charge in [-0.05, 0) is 44.9 Å². The van der Waals surface area contributed by atoms with E-state index in [1.54, 1.807) is 6.08 Å². The van der Waals surface area contributed by atoms with Gasteiger partial charge in [-0.1, -0.05) is 68.4 Å². The predicted octanol–water partition coefficient (Wildman–Crippen LogP) is 3.85. The van der Waals surface area contributed by atoms with Gasteiger partial charge < -0.3 is 15.0 Å². The lowest BCUT2D eigenvalue weighted by Gasteiger charge is -1.99. The Bertz CT molecular complexity index is 392. The van der Waals surface area contributed by atoms with Crippen LogP contribution in [0.5, 0.6) is 0 Å². The van der Waals surface area contributed by atoms with Crippen LogP contribution in [-0.4, -0.2) is 17.2 Å². The monoisotopic (exact) mass is 319 g/mol. The van der Waals surface area contributed by atoms with Gasteiger partial charge in [0.05, 0.1) is 6.10 Å². The number of carbonyl (C=O) groups excluding carboxylic acids is 1. The Morgan fingerprint density at radius 1 is 1.00 bits per heavy atom. The van der Waals surface area contributed by atoms with E-state index in [1.807, 2.05) is 36.5 Å². The first-order valence-electron chi connectivity index (χ1n) is 8.68. The lowest BCUT2D eigenvalue weighted by Crippen LogP contribution is -2.21. The van der Waals surface area contributed by atoms with Crippen molar-refractivity contribution in [2.75, 3.05) is 0 Å². The number of hydrogen-bond acceptors (Lipinski definition) is 3. The average molecular weight is 319 g/mol. The van der Waals surface area contributed by atoms with E-state index in [1.165, 1.54) is 19.3 Å². The highest BCUT2D eigenvalue weighted by molar-refractivity contribution is 5.64. The topological polar surface area (TPSA) is 60.4 Å². The molecule has 23 heavy (non-hydrogen) atoms. The van der Waals surface area contributed by atoms with Crippen LogP contribution < -0.4 is 5.11 Å². The van der Waals surface area contributed by atoms with Gasteiger partial charge in [0.2, 0.25) is 0 Å². The van der Waals surface area contributed by atoms with Crippen molar-refractivity contribution in [3.05, 3.63) is 48.6 Å². The molecule has 0 aliphatic heterocycles. The third-order valence-corrected chi connectivity index (χ3v) is 3.29. The second kappa shape index (κ2) is 16.8. The third-order valence-electron chi connectivity index (χ3n) is 3.29. The van der Waals surface area contributed by atoms with Crippen LogP contribution in [0.15, 0.2) is 48.6 Å². The second-order valence-corrected chi connectivity index (χ2v) is 5.55. The number of aliphatic hydroxyl groups excluding tert-OH is 1. The molecule has 0 radical (unpaired) electrons. The number of unbranched alkanes of at least 4 members (excludes halogenated alkanes) is 4. The summed E-state index contributed by atoms with van der Waals surface area (Å²) in [7, 11) is 0. The summed E-state index contributed by atoms with van der Waals surface area (Å²) in [6, 6.07) is 0. The van der Waals surface area contributed by atoms with E-state index < -0.39 is 12.1 Å². The normalized spacial score (nSPS) is 13.8. The molecule has 3 heteroatoms. The molecule has 0 aromatic rings. The molecule has 130 valence electrons. The zero-order chi connectivity index (χ0) is 17.2. The van der Waals surface area contributed by atoms with Crippen molar-refractivity contribution in [1.82, 2.24) is 0 Å². The SMILES string of the molecule is CCCCC/C=C\C[C@H](O)/C=C/C=C\C/C=C\CCCC(=O)[O-]. The van der Waals surface area contributed by atoms with Crippen molar-refractivity contribution in [3.8, 4) is 0 Å². The number of carboxylic acids is 1. The molecule has 0 fully saturated rings. The number of allylic oxidation sites excluding steroid dienone is 6. The number of carboxylic acid groups (broad SMARTS) is 1. The molecule has 0 rings (SSSR count). The van der Waals surface area contributed by atoms with E-state index in [0.29, 0.717) is 12.8 Å². The molecule has 0 aromatic heterocycles. The number of aliphatic hydroxyl groups is 1. The molecule has 0 unspecified atom stereocenters. The fourth-order valence-corrected chi connectivity index (χ4v) is 1.95. The summed E-state index contributed by atoms with van der Waals surface area (Å²) in [6.45, 7) is 2.19. The maximum absolute atomic E-state index is 10.2. The van der Waals surface area contributed by atoms with Crippen LogP contribution in [0.2, 0.25) is 0 Å². The zero-order valence-electron chi connectivity index (χ0n) is 14.3. The maximum atomic E-state index is 10.2. The van der Waals surface area contributed by atoms with Gasteiger partial charge in [0.15, 0.2) is 0 Å². The Morgan fingerprint density at radius 2 is 1.74 bits per heavy atom. The van der Waals surface area contributed by atoms with Crippen molar-refractivity contribution < 1.29 is 15.0 Å². The van der Waals surface area contributed by atoms with E-state index in [4.69, 9.17) is 0 Å². The molecule has 0 amide bonds. The van der Waals surface area contributed by atoms with E-state index >= 15 is 0 Å². The van der Waals surface area contributed by atoms with Crippen LogP contribution in [0.4, 0.5) is 0 Å². The molecule has 1 N–H and O–H groups in total. The first kappa shape index (κ1) is 21.4. The van der Waals surface area contributed by atoms with Crippen LogP contribution in [-0.2, 0) is 4.79 Å². The van der Waals surface area contributed by atoms with Gasteiger partial charge >= 0.3 is 0 Å². The molecular weight excluding hydrogens is 288 g/mol. The summed E-state index contributed by atoms with van der Waals surface area (Å²) < 4.78 is 0. The molecule has 0 bridgehead atoms. The molecule has 0 aliphatic rings. The van der Waals surface area contributed by atoms with Gasteiger partial charge in [0, 0.05) is 5.97 Å². The Morgan fingerprint density at radius 3 is 2.48 bits per heavy atom. The van der Waals surface area contributed by atoms with E-state index in [2.05, 4.69) is 13.0 Å². The highest BCUT2D eigenvalue weighted by Crippen LogP contribution is 2.02. The van der Waals surface area contributed by atoms with Crippen molar-refractivity contribution in [3.63, 3.8) is 0 Å². The van der Waals surface area contributed by atoms with Crippen LogP contribution in [0, 0.1) is 0 Å². The largest absolute Gasteiger partial charge is 0.550 e. The minimum Gasteiger partial charge on any atom is -0.550 e. The summed E-state index contributed by atoms with van der Waals surface area (Å²) in [5, 5.41) is 20.0. The smallest absolute Gasteiger partial charge is 0.0758 e. The summed E-state index contributed by atoms with van der Waals surface area (Å²) in [6.07, 6.45) is 23.1. The van der Waals surface area contributed by atoms with Crippen LogP contribution in [0.1, 0.15) is 64.7 Å². The fraction of sp³-hybridized carbons (Fsp3) is 0.550. The van der Waals surface area contributed by atoms with Crippen LogP contribution in [0.25, 0.3) is 0 Å². The van der Waals surface area contributed by atoms with Crippen LogP contribution in [0.3, 0.4) is 0 Å². The highest BCUT2D eigenvalue weighted by atomic mass is 16.4. The van der Waals surface area contributed by atoms with E-state index in [-0.39, 0.29) is 6.42 Å². The number of rotatable bonds is 14. The molecule has 0 heterocycles. The Kier molecular flexibility index (Phi) is 15.6. The molecule has 0 aromatic carbocycles. The van der Waals surface area contributed by atoms with Gasteiger partial charge in [0.25, 0.3) is 0 Å². The maximum Gasteiger partial charge on any atom is 0.0758 e. The number of hydrogen-bond donors (Lipinski definition) is 1. The molecule has 0 aliphatic carbocycles. The first-order valence-corrected chi connectivity index (χ1v) is 8.68. The lowest BCUT2D eigenvalue weighted by atomic mass is 10.1. The van der Waals surface area contributed by atoms with E-state index in [9.17, 15) is 15.0 Å². The summed E-state index contributed by atoms with van der Waals surface area (Å²) in [5.41, 5.74) is 0. The Balaban J connectivity index is 3.62. The van der Waals surface area contributed by atoms with E-state index in [0.717, 1.165) is 19.3 Å². The summed E-state index contributed by atoms with van der Waals surface area (Å²) in [5.74, 6) is -0.988. The van der Waals surface area contributed by atoms with Crippen molar-refractivity contribution >= 4 is 5.97 Å². The van der Waals surface area contributed by atoms with Crippen molar-refractivity contribution in [2.45, 2.75) is 70.8 Å². The van der Waals surface area contributed by atoms with Crippen LogP contribution >= 0.6 is 0 Å². The zero-order valence-corrected chi connectivity index (χ0v) is 14.3. The molecular formula is C20H31O3-. The summed E-state index contributed by atoms with van der Waals surface area (Å²) >= 11 is 0. The molecule has 3 nitrogen and oxygen atoms in total. The van der Waals surface area contributed by atoms with Gasteiger partial charge in [-0.3, -0.25) is 0 Å². The van der Waals surface area contributed by atoms with Crippen molar-refractivity contribution in [2.24, 2.45) is 0 Å². The minimum atomic E-state index is -0.988. The highest BCUT2D eigenvalue weighted by Gasteiger charge is 1.93. The predicted molar refractivity (Wildman–Crippen MR) is 94.8 cm³/mol. The molecule has 0 saturated heterocycles. The van der Waals surface area contributed by atoms with Gasteiger partial charge in [-0.2, -0.15) is 0 Å². The number of carbonyl (C=O) groups is 1. The number of aliphatic carboxylic acids is 1. The van der Waals surface area contributed by atoms with Gasteiger partial charge in [0.1, 0.15) is 0 Å².